The minimum Gasteiger partial charge on any atom is -0.302 e. The van der Waals surface area contributed by atoms with Crippen LogP contribution in [-0.4, -0.2) is 10.4 Å². The number of rotatable bonds is 3. The molecule has 3 rings (SSSR count). The monoisotopic (exact) mass is 335 g/mol. The summed E-state index contributed by atoms with van der Waals surface area (Å²) in [5, 5.41) is 0. The molecule has 0 atom stereocenters. The molecule has 2 aromatic carbocycles. The molecule has 0 radical (unpaired) electrons. The second-order valence-corrected chi connectivity index (χ2v) is 6.61. The first-order valence-corrected chi connectivity index (χ1v) is 8.42. The summed E-state index contributed by atoms with van der Waals surface area (Å²) in [4.78, 5) is 24.9. The Balaban J connectivity index is 2.09. The van der Waals surface area contributed by atoms with Gasteiger partial charge in [0.15, 0.2) is 5.78 Å². The van der Waals surface area contributed by atoms with Crippen molar-refractivity contribution in [2.45, 2.75) is 6.92 Å². The second kappa shape index (κ2) is 6.81. The molecule has 0 spiro atoms. The smallest absolute Gasteiger partial charge is 0.268 e. The third-order valence-corrected chi connectivity index (χ3v) is 4.94. The van der Waals surface area contributed by atoms with E-state index in [4.69, 9.17) is 0 Å². The Hall–Kier alpha value is -2.72. The van der Waals surface area contributed by atoms with Gasteiger partial charge in [-0.1, -0.05) is 54.6 Å². The third-order valence-electron chi connectivity index (χ3n) is 3.82. The van der Waals surface area contributed by atoms with E-state index in [0.717, 1.165) is 11.1 Å². The highest BCUT2D eigenvalue weighted by Gasteiger charge is 2.07. The van der Waals surface area contributed by atoms with Gasteiger partial charge in [0.1, 0.15) is 4.66 Å². The number of ketones is 1. The van der Waals surface area contributed by atoms with Crippen LogP contribution in [0.25, 0.3) is 12.2 Å². The second-order valence-electron chi connectivity index (χ2n) is 5.55. The lowest BCUT2D eigenvalue weighted by molar-refractivity contribution is 0.106. The van der Waals surface area contributed by atoms with Gasteiger partial charge in [-0.25, -0.2) is 0 Å². The van der Waals surface area contributed by atoms with Crippen molar-refractivity contribution in [3.63, 3.8) is 0 Å². The first kappa shape index (κ1) is 16.1. The topological polar surface area (TPSA) is 39.1 Å². The average Bonchev–Trinajstić information content (AvgIpc) is 2.84. The number of benzene rings is 2. The van der Waals surface area contributed by atoms with Crippen LogP contribution in [0.3, 0.4) is 0 Å². The molecule has 24 heavy (non-hydrogen) atoms. The lowest BCUT2D eigenvalue weighted by atomic mass is 10.1. The molecular weight excluding hydrogens is 318 g/mol. The first-order valence-electron chi connectivity index (χ1n) is 7.60. The molecule has 3 aromatic rings. The maximum absolute atomic E-state index is 12.5. The van der Waals surface area contributed by atoms with Crippen LogP contribution in [0.4, 0.5) is 0 Å². The van der Waals surface area contributed by atoms with Gasteiger partial charge >= 0.3 is 0 Å². The zero-order valence-corrected chi connectivity index (χ0v) is 14.3. The Labute approximate surface area is 143 Å². The summed E-state index contributed by atoms with van der Waals surface area (Å²) >= 11 is 1.33. The molecule has 0 aliphatic heterocycles. The van der Waals surface area contributed by atoms with Gasteiger partial charge < -0.3 is 4.57 Å². The van der Waals surface area contributed by atoms with Crippen LogP contribution in [-0.2, 0) is 7.05 Å². The molecule has 0 fully saturated rings. The fourth-order valence-electron chi connectivity index (χ4n) is 2.45. The zero-order valence-electron chi connectivity index (χ0n) is 13.5. The van der Waals surface area contributed by atoms with Gasteiger partial charge in [-0.3, -0.25) is 9.59 Å². The Morgan fingerprint density at radius 3 is 2.42 bits per heavy atom. The van der Waals surface area contributed by atoms with Crippen LogP contribution < -0.4 is 14.8 Å². The number of aryl methyl sites for hydroxylation is 1. The van der Waals surface area contributed by atoms with E-state index in [0.29, 0.717) is 14.8 Å². The van der Waals surface area contributed by atoms with Crippen molar-refractivity contribution in [1.29, 1.82) is 0 Å². The number of aromatic nitrogens is 1. The summed E-state index contributed by atoms with van der Waals surface area (Å²) in [6.07, 6.45) is 3.39. The van der Waals surface area contributed by atoms with E-state index in [1.165, 1.54) is 22.0 Å². The fraction of sp³-hybridized carbons (Fsp3) is 0.100. The van der Waals surface area contributed by atoms with Crippen molar-refractivity contribution >= 4 is 29.3 Å². The van der Waals surface area contributed by atoms with Gasteiger partial charge in [0, 0.05) is 18.7 Å². The highest BCUT2D eigenvalue weighted by Crippen LogP contribution is 2.08. The molecule has 0 saturated heterocycles. The van der Waals surface area contributed by atoms with Crippen molar-refractivity contribution in [2.75, 3.05) is 0 Å². The largest absolute Gasteiger partial charge is 0.302 e. The van der Waals surface area contributed by atoms with Gasteiger partial charge in [0.25, 0.3) is 5.56 Å². The van der Waals surface area contributed by atoms with Gasteiger partial charge in [-0.2, -0.15) is 0 Å². The summed E-state index contributed by atoms with van der Waals surface area (Å²) in [5.41, 5.74) is 2.46. The lowest BCUT2D eigenvalue weighted by Gasteiger charge is -1.99. The highest BCUT2D eigenvalue weighted by molar-refractivity contribution is 7.07. The standard InChI is InChI=1S/C20H17NO2S/c1-14-8-6-7-11-16(14)17(22)13-19-21(2)20(23)18(24-19)12-15-9-4-3-5-10-15/h3-13H,1-2H3/b18-12-,19-13-. The van der Waals surface area contributed by atoms with Gasteiger partial charge in [0.2, 0.25) is 0 Å². The predicted octanol–water partition coefficient (Wildman–Crippen LogP) is 2.25. The van der Waals surface area contributed by atoms with E-state index in [1.54, 1.807) is 13.1 Å². The summed E-state index contributed by atoms with van der Waals surface area (Å²) in [6, 6.07) is 17.1. The number of hydrogen-bond acceptors (Lipinski definition) is 3. The van der Waals surface area contributed by atoms with E-state index in [2.05, 4.69) is 0 Å². The number of nitrogens with zero attached hydrogens (tertiary/aromatic N) is 1. The van der Waals surface area contributed by atoms with Crippen LogP contribution >= 0.6 is 11.3 Å². The van der Waals surface area contributed by atoms with Gasteiger partial charge in [0.05, 0.1) is 4.53 Å². The Morgan fingerprint density at radius 2 is 1.71 bits per heavy atom. The van der Waals surface area contributed by atoms with Gasteiger partial charge in [-0.15, -0.1) is 11.3 Å². The number of carbonyl (C=O) groups excluding carboxylic acids is 1. The molecule has 4 heteroatoms. The predicted molar refractivity (Wildman–Crippen MR) is 98.8 cm³/mol. The third kappa shape index (κ3) is 3.29. The van der Waals surface area contributed by atoms with E-state index in [9.17, 15) is 9.59 Å². The Bertz CT molecular complexity index is 1060. The van der Waals surface area contributed by atoms with Gasteiger partial charge in [-0.05, 0) is 24.1 Å². The Morgan fingerprint density at radius 1 is 1.04 bits per heavy atom. The zero-order chi connectivity index (χ0) is 17.1. The van der Waals surface area contributed by atoms with Crippen molar-refractivity contribution in [2.24, 2.45) is 7.05 Å². The molecule has 1 heterocycles. The summed E-state index contributed by atoms with van der Waals surface area (Å²) in [6.45, 7) is 1.91. The molecule has 0 unspecified atom stereocenters. The number of carbonyl (C=O) groups is 1. The minimum atomic E-state index is -0.0901. The van der Waals surface area contributed by atoms with Crippen molar-refractivity contribution < 1.29 is 4.79 Å². The molecule has 0 amide bonds. The molecule has 0 N–H and O–H groups in total. The molecule has 3 nitrogen and oxygen atoms in total. The molecular formula is C20H17NO2S. The summed E-state index contributed by atoms with van der Waals surface area (Å²) in [7, 11) is 1.69. The molecule has 0 bridgehead atoms. The van der Waals surface area contributed by atoms with E-state index < -0.39 is 0 Å². The number of Topliss-reactive ketones (excluding diaryl/α,β-unsaturated/α-hetero) is 1. The Kier molecular flexibility index (Phi) is 4.58. The molecule has 1 aromatic heterocycles. The lowest BCUT2D eigenvalue weighted by Crippen LogP contribution is -2.29. The van der Waals surface area contributed by atoms with Crippen LogP contribution in [0.15, 0.2) is 59.4 Å². The average molecular weight is 335 g/mol. The summed E-state index contributed by atoms with van der Waals surface area (Å²) < 4.78 is 2.79. The summed E-state index contributed by atoms with van der Waals surface area (Å²) in [5.74, 6) is -0.0868. The van der Waals surface area contributed by atoms with Crippen LogP contribution in [0, 0.1) is 6.92 Å². The van der Waals surface area contributed by atoms with Crippen LogP contribution in [0.2, 0.25) is 0 Å². The fourth-order valence-corrected chi connectivity index (χ4v) is 3.48. The van der Waals surface area contributed by atoms with Crippen LogP contribution in [0.5, 0.6) is 0 Å². The van der Waals surface area contributed by atoms with E-state index in [1.807, 2.05) is 61.5 Å². The normalized spacial score (nSPS) is 12.6. The van der Waals surface area contributed by atoms with E-state index in [-0.39, 0.29) is 11.3 Å². The van der Waals surface area contributed by atoms with Crippen molar-refractivity contribution in [3.8, 4) is 0 Å². The molecule has 0 aliphatic rings. The molecule has 120 valence electrons. The number of thiazole rings is 1. The minimum absolute atomic E-state index is 0.0868. The number of hydrogen-bond donors (Lipinski definition) is 0. The van der Waals surface area contributed by atoms with E-state index >= 15 is 0 Å². The highest BCUT2D eigenvalue weighted by atomic mass is 32.1. The van der Waals surface area contributed by atoms with Crippen LogP contribution in [0.1, 0.15) is 21.5 Å². The maximum Gasteiger partial charge on any atom is 0.268 e. The quantitative estimate of drug-likeness (QED) is 0.689. The molecule has 0 saturated carbocycles. The van der Waals surface area contributed by atoms with Crippen molar-refractivity contribution in [1.82, 2.24) is 4.57 Å². The van der Waals surface area contributed by atoms with Crippen molar-refractivity contribution in [3.05, 3.63) is 90.8 Å². The maximum atomic E-state index is 12.5. The molecule has 0 aliphatic carbocycles. The first-order chi connectivity index (χ1) is 11.6. The SMILES string of the molecule is Cc1ccccc1C(=O)/C=c1\s/c(=C\c2ccccc2)c(=O)n1C.